The predicted octanol–water partition coefficient (Wildman–Crippen LogP) is 2.65. The maximum Gasteiger partial charge on any atom is 0.339 e. The summed E-state index contributed by atoms with van der Waals surface area (Å²) in [5.41, 5.74) is 0.0540. The monoisotopic (exact) mass is 353 g/mol. The van der Waals surface area contributed by atoms with Crippen molar-refractivity contribution in [2.45, 2.75) is 37.8 Å². The first-order chi connectivity index (χ1) is 11.5. The van der Waals surface area contributed by atoms with Crippen LogP contribution in [-0.2, 0) is 4.79 Å². The second-order valence-corrected chi connectivity index (χ2v) is 6.94. The molecule has 1 aromatic rings. The summed E-state index contributed by atoms with van der Waals surface area (Å²) in [5, 5.41) is 21.8. The lowest BCUT2D eigenvalue weighted by molar-refractivity contribution is -0.141. The van der Waals surface area contributed by atoms with Crippen molar-refractivity contribution in [2.75, 3.05) is 6.54 Å². The molecule has 0 radical (unpaired) electrons. The average Bonchev–Trinajstić information content (AvgIpc) is 2.55. The molecule has 2 aliphatic rings. The van der Waals surface area contributed by atoms with E-state index >= 15 is 0 Å². The zero-order valence-corrected chi connectivity index (χ0v) is 13.8. The van der Waals surface area contributed by atoms with E-state index in [0.717, 1.165) is 19.3 Å². The molecule has 3 N–H and O–H groups in total. The van der Waals surface area contributed by atoms with E-state index in [4.69, 9.17) is 16.3 Å². The predicted molar refractivity (Wildman–Crippen MR) is 87.7 cm³/mol. The van der Waals surface area contributed by atoms with Gasteiger partial charge >= 0.3 is 11.9 Å². The van der Waals surface area contributed by atoms with E-state index in [1.165, 1.54) is 6.07 Å². The van der Waals surface area contributed by atoms with Crippen LogP contribution in [0.5, 0.6) is 5.75 Å². The summed E-state index contributed by atoms with van der Waals surface area (Å²) >= 11 is 6.12. The number of hydrogen-bond acceptors (Lipinski definition) is 4. The van der Waals surface area contributed by atoms with Crippen LogP contribution in [0.25, 0.3) is 0 Å². The molecule has 2 fully saturated rings. The third kappa shape index (κ3) is 3.49. The van der Waals surface area contributed by atoms with E-state index in [2.05, 4.69) is 5.32 Å². The van der Waals surface area contributed by atoms with Crippen molar-refractivity contribution in [2.24, 2.45) is 11.8 Å². The molecule has 1 aliphatic carbocycles. The number of benzene rings is 1. The summed E-state index contributed by atoms with van der Waals surface area (Å²) in [6.45, 7) is 0.709. The molecule has 1 saturated heterocycles. The Morgan fingerprint density at radius 1 is 1.17 bits per heavy atom. The molecule has 1 heterocycles. The quantitative estimate of drug-likeness (QED) is 0.770. The standard InChI is InChI=1S/C17H20ClNO5/c18-13-3-1-2-12(16(20)21)15(13)24-11-5-4-9-8-19-14(17(22)23)7-10(9)6-11/h1-3,9-11,14,19H,4-8H2,(H,20,21)(H,22,23)/t9-,10+,11-,14-/m0/s1. The van der Waals surface area contributed by atoms with Gasteiger partial charge in [0.15, 0.2) is 5.75 Å². The van der Waals surface area contributed by atoms with Crippen LogP contribution in [0.1, 0.15) is 36.0 Å². The lowest BCUT2D eigenvalue weighted by atomic mass is 9.72. The summed E-state index contributed by atoms with van der Waals surface area (Å²) in [5.74, 6) is -0.976. The molecule has 4 atom stereocenters. The van der Waals surface area contributed by atoms with E-state index in [1.807, 2.05) is 0 Å². The van der Waals surface area contributed by atoms with E-state index in [-0.39, 0.29) is 28.4 Å². The number of fused-ring (bicyclic) bond motifs is 1. The minimum atomic E-state index is -1.08. The molecule has 1 saturated carbocycles. The maximum atomic E-state index is 11.3. The first-order valence-corrected chi connectivity index (χ1v) is 8.48. The fraction of sp³-hybridized carbons (Fsp3) is 0.529. The van der Waals surface area contributed by atoms with Crippen LogP contribution in [-0.4, -0.2) is 40.8 Å². The van der Waals surface area contributed by atoms with Gasteiger partial charge in [-0.15, -0.1) is 0 Å². The normalized spacial score (nSPS) is 29.5. The molecule has 0 amide bonds. The number of carboxylic acids is 2. The molecule has 130 valence electrons. The first kappa shape index (κ1) is 17.0. The molecular formula is C17H20ClNO5. The molecule has 0 aromatic heterocycles. The van der Waals surface area contributed by atoms with E-state index < -0.39 is 18.0 Å². The zero-order valence-electron chi connectivity index (χ0n) is 13.1. The molecule has 1 aromatic carbocycles. The second kappa shape index (κ2) is 6.99. The lowest BCUT2D eigenvalue weighted by Gasteiger charge is -2.41. The highest BCUT2D eigenvalue weighted by Crippen LogP contribution is 2.39. The number of para-hydroxylation sites is 1. The molecular weight excluding hydrogens is 334 g/mol. The van der Waals surface area contributed by atoms with Crippen molar-refractivity contribution in [3.8, 4) is 5.75 Å². The molecule has 3 rings (SSSR count). The third-order valence-electron chi connectivity index (χ3n) is 5.04. The van der Waals surface area contributed by atoms with Crippen molar-refractivity contribution in [3.63, 3.8) is 0 Å². The molecule has 0 bridgehead atoms. The van der Waals surface area contributed by atoms with Crippen LogP contribution in [0.15, 0.2) is 18.2 Å². The van der Waals surface area contributed by atoms with Gasteiger partial charge in [-0.1, -0.05) is 17.7 Å². The molecule has 0 unspecified atom stereocenters. The Labute approximate surface area is 144 Å². The summed E-state index contributed by atoms with van der Waals surface area (Å²) in [4.78, 5) is 22.5. The number of halogens is 1. The number of rotatable bonds is 4. The van der Waals surface area contributed by atoms with Gasteiger partial charge in [-0.05, 0) is 56.2 Å². The average molecular weight is 354 g/mol. The van der Waals surface area contributed by atoms with Gasteiger partial charge in [-0.3, -0.25) is 4.79 Å². The summed E-state index contributed by atoms with van der Waals surface area (Å²) in [6, 6.07) is 4.15. The van der Waals surface area contributed by atoms with Gasteiger partial charge in [0.25, 0.3) is 0 Å². The smallest absolute Gasteiger partial charge is 0.339 e. The molecule has 24 heavy (non-hydrogen) atoms. The Morgan fingerprint density at radius 3 is 2.67 bits per heavy atom. The summed E-state index contributed by atoms with van der Waals surface area (Å²) in [6.07, 6.45) is 2.90. The number of carbonyl (C=O) groups is 2. The SMILES string of the molecule is O=C(O)c1cccc(Cl)c1O[C@H]1CC[C@H]2CN[C@H](C(=O)O)C[C@H]2C1. The summed E-state index contributed by atoms with van der Waals surface area (Å²) < 4.78 is 5.94. The second-order valence-electron chi connectivity index (χ2n) is 6.53. The maximum absolute atomic E-state index is 11.3. The van der Waals surface area contributed by atoms with Crippen LogP contribution < -0.4 is 10.1 Å². The zero-order chi connectivity index (χ0) is 17.3. The van der Waals surface area contributed by atoms with Crippen LogP contribution >= 0.6 is 11.6 Å². The van der Waals surface area contributed by atoms with Crippen LogP contribution in [0, 0.1) is 11.8 Å². The van der Waals surface area contributed by atoms with Gasteiger partial charge < -0.3 is 20.3 Å². The number of hydrogen-bond donors (Lipinski definition) is 3. The van der Waals surface area contributed by atoms with Gasteiger partial charge in [0.2, 0.25) is 0 Å². The van der Waals surface area contributed by atoms with Gasteiger partial charge in [-0.25, -0.2) is 4.79 Å². The van der Waals surface area contributed by atoms with Crippen molar-refractivity contribution in [1.82, 2.24) is 5.32 Å². The highest BCUT2D eigenvalue weighted by atomic mass is 35.5. The Bertz CT molecular complexity index is 650. The number of nitrogens with one attached hydrogen (secondary N) is 1. The molecule has 7 heteroatoms. The first-order valence-electron chi connectivity index (χ1n) is 8.10. The fourth-order valence-electron chi connectivity index (χ4n) is 3.78. The molecule has 0 spiro atoms. The number of carboxylic acid groups (broad SMARTS) is 2. The van der Waals surface area contributed by atoms with Gasteiger partial charge in [0.05, 0.1) is 11.1 Å². The minimum Gasteiger partial charge on any atom is -0.488 e. The summed E-state index contributed by atoms with van der Waals surface area (Å²) in [7, 11) is 0. The van der Waals surface area contributed by atoms with Crippen LogP contribution in [0.3, 0.4) is 0 Å². The fourth-order valence-corrected chi connectivity index (χ4v) is 4.00. The highest BCUT2D eigenvalue weighted by molar-refractivity contribution is 6.32. The Kier molecular flexibility index (Phi) is 4.96. The van der Waals surface area contributed by atoms with Crippen molar-refractivity contribution in [1.29, 1.82) is 0 Å². The number of aliphatic carboxylic acids is 1. The molecule has 6 nitrogen and oxygen atoms in total. The van der Waals surface area contributed by atoms with Crippen molar-refractivity contribution in [3.05, 3.63) is 28.8 Å². The lowest BCUT2D eigenvalue weighted by Crippen LogP contribution is -2.50. The van der Waals surface area contributed by atoms with Gasteiger partial charge in [0, 0.05) is 0 Å². The van der Waals surface area contributed by atoms with Gasteiger partial charge in [0.1, 0.15) is 11.6 Å². The molecule has 1 aliphatic heterocycles. The Balaban J connectivity index is 1.72. The third-order valence-corrected chi connectivity index (χ3v) is 5.33. The number of piperidine rings is 1. The van der Waals surface area contributed by atoms with E-state index in [1.54, 1.807) is 12.1 Å². The Morgan fingerprint density at radius 2 is 1.96 bits per heavy atom. The number of aromatic carboxylic acids is 1. The minimum absolute atomic E-state index is 0.0540. The van der Waals surface area contributed by atoms with E-state index in [0.29, 0.717) is 18.9 Å². The number of ether oxygens (including phenoxy) is 1. The Hall–Kier alpha value is -1.79. The van der Waals surface area contributed by atoms with Crippen LogP contribution in [0.2, 0.25) is 5.02 Å². The van der Waals surface area contributed by atoms with Crippen LogP contribution in [0.4, 0.5) is 0 Å². The van der Waals surface area contributed by atoms with Crippen molar-refractivity contribution >= 4 is 23.5 Å². The topological polar surface area (TPSA) is 95.9 Å². The van der Waals surface area contributed by atoms with Crippen molar-refractivity contribution < 1.29 is 24.5 Å². The van der Waals surface area contributed by atoms with E-state index in [9.17, 15) is 19.8 Å². The largest absolute Gasteiger partial charge is 0.488 e. The highest BCUT2D eigenvalue weighted by Gasteiger charge is 2.38. The van der Waals surface area contributed by atoms with Gasteiger partial charge in [-0.2, -0.15) is 0 Å².